The molecule has 4 rings (SSSR count). The molecule has 1 aliphatic rings. The Morgan fingerprint density at radius 3 is 2.15 bits per heavy atom. The SMILES string of the molecule is CC(=O)N1CCN(C(=O)CSCc2ccc(Oc3ccccc3-c3ccccc3)cc2)CC1. The van der Waals surface area contributed by atoms with Gasteiger partial charge in [-0.1, -0.05) is 60.7 Å². The van der Waals surface area contributed by atoms with Crippen molar-refractivity contribution in [2.45, 2.75) is 12.7 Å². The molecule has 0 saturated carbocycles. The highest BCUT2D eigenvalue weighted by atomic mass is 32.2. The molecule has 0 unspecified atom stereocenters. The maximum atomic E-state index is 12.5. The Labute approximate surface area is 199 Å². The van der Waals surface area contributed by atoms with E-state index in [1.54, 1.807) is 23.6 Å². The van der Waals surface area contributed by atoms with Crippen molar-refractivity contribution < 1.29 is 14.3 Å². The third kappa shape index (κ3) is 6.17. The highest BCUT2D eigenvalue weighted by Crippen LogP contribution is 2.33. The number of hydrogen-bond donors (Lipinski definition) is 0. The number of benzene rings is 3. The van der Waals surface area contributed by atoms with Gasteiger partial charge >= 0.3 is 0 Å². The standard InChI is InChI=1S/C27H28N2O3S/c1-21(30)28-15-17-29(18-16-28)27(31)20-33-19-22-11-13-24(14-12-22)32-26-10-6-5-9-25(26)23-7-3-2-4-8-23/h2-14H,15-20H2,1H3. The molecule has 0 radical (unpaired) electrons. The highest BCUT2D eigenvalue weighted by Gasteiger charge is 2.22. The minimum absolute atomic E-state index is 0.0763. The molecule has 3 aromatic carbocycles. The van der Waals surface area contributed by atoms with E-state index in [1.165, 1.54) is 0 Å². The molecule has 0 atom stereocenters. The molecule has 1 aliphatic heterocycles. The van der Waals surface area contributed by atoms with Crippen LogP contribution in [0.3, 0.4) is 0 Å². The van der Waals surface area contributed by atoms with Gasteiger partial charge in [-0.2, -0.15) is 0 Å². The first-order valence-electron chi connectivity index (χ1n) is 11.1. The topological polar surface area (TPSA) is 49.9 Å². The van der Waals surface area contributed by atoms with Gasteiger partial charge in [0.2, 0.25) is 11.8 Å². The number of carbonyl (C=O) groups excluding carboxylic acids is 2. The summed E-state index contributed by atoms with van der Waals surface area (Å²) in [5.74, 6) is 3.03. The van der Waals surface area contributed by atoms with E-state index in [1.807, 2.05) is 65.6 Å². The van der Waals surface area contributed by atoms with Crippen molar-refractivity contribution in [2.24, 2.45) is 0 Å². The third-order valence-electron chi connectivity index (χ3n) is 5.69. The molecular weight excluding hydrogens is 432 g/mol. The summed E-state index contributed by atoms with van der Waals surface area (Å²) >= 11 is 1.61. The second kappa shape index (κ2) is 11.1. The Kier molecular flexibility index (Phi) is 7.68. The number of hydrogen-bond acceptors (Lipinski definition) is 4. The molecule has 5 nitrogen and oxygen atoms in total. The molecule has 0 aromatic heterocycles. The van der Waals surface area contributed by atoms with Crippen molar-refractivity contribution in [3.05, 3.63) is 84.4 Å². The summed E-state index contributed by atoms with van der Waals surface area (Å²) in [7, 11) is 0. The van der Waals surface area contributed by atoms with Gasteiger partial charge in [-0.05, 0) is 29.3 Å². The van der Waals surface area contributed by atoms with Crippen LogP contribution in [0.4, 0.5) is 0 Å². The van der Waals surface area contributed by atoms with Crippen molar-refractivity contribution in [3.63, 3.8) is 0 Å². The smallest absolute Gasteiger partial charge is 0.232 e. The number of para-hydroxylation sites is 1. The van der Waals surface area contributed by atoms with Gasteiger partial charge in [0, 0.05) is 44.4 Å². The van der Waals surface area contributed by atoms with Gasteiger partial charge in [-0.25, -0.2) is 0 Å². The summed E-state index contributed by atoms with van der Waals surface area (Å²) < 4.78 is 6.17. The van der Waals surface area contributed by atoms with Crippen molar-refractivity contribution in [3.8, 4) is 22.6 Å². The Morgan fingerprint density at radius 2 is 1.45 bits per heavy atom. The number of nitrogens with zero attached hydrogens (tertiary/aromatic N) is 2. The predicted molar refractivity (Wildman–Crippen MR) is 133 cm³/mol. The molecule has 3 aromatic rings. The van der Waals surface area contributed by atoms with Crippen molar-refractivity contribution in [1.29, 1.82) is 0 Å². The molecule has 1 heterocycles. The first kappa shape index (κ1) is 22.9. The van der Waals surface area contributed by atoms with E-state index < -0.39 is 0 Å². The lowest BCUT2D eigenvalue weighted by atomic mass is 10.0. The van der Waals surface area contributed by atoms with Crippen LogP contribution in [0.5, 0.6) is 11.5 Å². The summed E-state index contributed by atoms with van der Waals surface area (Å²) in [4.78, 5) is 27.5. The van der Waals surface area contributed by atoms with Crippen LogP contribution in [0.15, 0.2) is 78.9 Å². The lowest BCUT2D eigenvalue weighted by Crippen LogP contribution is -2.50. The Balaban J connectivity index is 1.28. The van der Waals surface area contributed by atoms with Gasteiger partial charge in [0.1, 0.15) is 11.5 Å². The summed E-state index contributed by atoms with van der Waals surface area (Å²) in [6.07, 6.45) is 0. The fourth-order valence-corrected chi connectivity index (χ4v) is 4.70. The fraction of sp³-hybridized carbons (Fsp3) is 0.259. The first-order valence-corrected chi connectivity index (χ1v) is 12.3. The van der Waals surface area contributed by atoms with Gasteiger partial charge in [0.05, 0.1) is 5.75 Å². The summed E-state index contributed by atoms with van der Waals surface area (Å²) in [5, 5.41) is 0. The minimum Gasteiger partial charge on any atom is -0.457 e. The van der Waals surface area contributed by atoms with Crippen LogP contribution in [-0.4, -0.2) is 53.5 Å². The quantitative estimate of drug-likeness (QED) is 0.494. The normalized spacial score (nSPS) is 13.6. The Morgan fingerprint density at radius 1 is 0.818 bits per heavy atom. The molecule has 0 aliphatic carbocycles. The van der Waals surface area contributed by atoms with E-state index in [2.05, 4.69) is 18.2 Å². The van der Waals surface area contributed by atoms with Gasteiger partial charge in [0.15, 0.2) is 0 Å². The Hall–Kier alpha value is -3.25. The van der Waals surface area contributed by atoms with E-state index in [0.717, 1.165) is 33.9 Å². The molecule has 0 bridgehead atoms. The second-order valence-electron chi connectivity index (χ2n) is 7.99. The minimum atomic E-state index is 0.0763. The van der Waals surface area contributed by atoms with Crippen molar-refractivity contribution >= 4 is 23.6 Å². The van der Waals surface area contributed by atoms with Crippen molar-refractivity contribution in [1.82, 2.24) is 9.80 Å². The molecular formula is C27H28N2O3S. The van der Waals surface area contributed by atoms with Gasteiger partial charge < -0.3 is 14.5 Å². The largest absolute Gasteiger partial charge is 0.457 e. The molecule has 0 spiro atoms. The van der Waals surface area contributed by atoms with E-state index >= 15 is 0 Å². The van der Waals surface area contributed by atoms with Gasteiger partial charge in [-0.3, -0.25) is 9.59 Å². The Bertz CT molecular complexity index is 1080. The predicted octanol–water partition coefficient (Wildman–Crippen LogP) is 5.07. The number of ether oxygens (including phenoxy) is 1. The van der Waals surface area contributed by atoms with Crippen LogP contribution in [0.2, 0.25) is 0 Å². The van der Waals surface area contributed by atoms with Gasteiger partial charge in [0.25, 0.3) is 0 Å². The van der Waals surface area contributed by atoms with Gasteiger partial charge in [-0.15, -0.1) is 11.8 Å². The monoisotopic (exact) mass is 460 g/mol. The zero-order chi connectivity index (χ0) is 23.0. The fourth-order valence-electron chi connectivity index (χ4n) is 3.81. The molecule has 2 amide bonds. The summed E-state index contributed by atoms with van der Waals surface area (Å²) in [5.41, 5.74) is 3.33. The maximum Gasteiger partial charge on any atom is 0.232 e. The van der Waals surface area contributed by atoms with Crippen LogP contribution in [0, 0.1) is 0 Å². The van der Waals surface area contributed by atoms with Crippen molar-refractivity contribution in [2.75, 3.05) is 31.9 Å². The highest BCUT2D eigenvalue weighted by molar-refractivity contribution is 7.99. The number of piperazine rings is 1. The molecule has 170 valence electrons. The zero-order valence-corrected chi connectivity index (χ0v) is 19.6. The van der Waals surface area contributed by atoms with E-state index in [9.17, 15) is 9.59 Å². The average Bonchev–Trinajstić information content (AvgIpc) is 2.86. The third-order valence-corrected chi connectivity index (χ3v) is 6.68. The number of rotatable bonds is 7. The van der Waals surface area contributed by atoms with E-state index in [0.29, 0.717) is 31.9 Å². The van der Waals surface area contributed by atoms with E-state index in [4.69, 9.17) is 4.74 Å². The van der Waals surface area contributed by atoms with Crippen LogP contribution < -0.4 is 4.74 Å². The maximum absolute atomic E-state index is 12.5. The van der Waals surface area contributed by atoms with Crippen LogP contribution in [-0.2, 0) is 15.3 Å². The molecule has 33 heavy (non-hydrogen) atoms. The molecule has 0 N–H and O–H groups in total. The van der Waals surface area contributed by atoms with Crippen LogP contribution in [0.1, 0.15) is 12.5 Å². The van der Waals surface area contributed by atoms with Crippen LogP contribution in [0.25, 0.3) is 11.1 Å². The lowest BCUT2D eigenvalue weighted by Gasteiger charge is -2.34. The molecule has 6 heteroatoms. The number of thioether (sulfide) groups is 1. The van der Waals surface area contributed by atoms with E-state index in [-0.39, 0.29) is 11.8 Å². The molecule has 1 fully saturated rings. The summed E-state index contributed by atoms with van der Waals surface area (Å²) in [6.45, 7) is 4.07. The second-order valence-corrected chi connectivity index (χ2v) is 8.97. The average molecular weight is 461 g/mol. The number of carbonyl (C=O) groups is 2. The molecule has 1 saturated heterocycles. The summed E-state index contributed by atoms with van der Waals surface area (Å²) in [6, 6.07) is 26.3. The number of amides is 2. The lowest BCUT2D eigenvalue weighted by molar-refractivity contribution is -0.136. The first-order chi connectivity index (χ1) is 16.1. The van der Waals surface area contributed by atoms with Crippen LogP contribution >= 0.6 is 11.8 Å². The zero-order valence-electron chi connectivity index (χ0n) is 18.8.